The standard InChI is InChI=1S/C21H23N3O7S/c25-20(15-4-2-1-3-5-15)17-13-18(19(24(27)28)12-16(17)14-32(29)30)21(26)22-6-7-23-8-10-31-11-9-23/h1-5,12-13H,6-11,14H2,(H,22,26)(H,29,30)/p-1. The van der Waals surface area contributed by atoms with E-state index in [2.05, 4.69) is 10.2 Å². The lowest BCUT2D eigenvalue weighted by Crippen LogP contribution is -2.41. The minimum absolute atomic E-state index is 0.0382. The van der Waals surface area contributed by atoms with Crippen molar-refractivity contribution < 1.29 is 28.0 Å². The number of ether oxygens (including phenoxy) is 1. The molecule has 1 fully saturated rings. The molecule has 1 amide bonds. The maximum Gasteiger partial charge on any atom is 0.282 e. The average molecular weight is 460 g/mol. The Morgan fingerprint density at radius 3 is 2.44 bits per heavy atom. The number of hydrogen-bond acceptors (Lipinski definition) is 8. The number of morpholine rings is 1. The summed E-state index contributed by atoms with van der Waals surface area (Å²) in [6, 6.07) is 10.2. The minimum Gasteiger partial charge on any atom is -0.772 e. The summed E-state index contributed by atoms with van der Waals surface area (Å²) < 4.78 is 27.9. The van der Waals surface area contributed by atoms with Crippen molar-refractivity contribution in [3.8, 4) is 0 Å². The molecular weight excluding hydrogens is 438 g/mol. The van der Waals surface area contributed by atoms with Crippen LogP contribution in [0.4, 0.5) is 5.69 Å². The van der Waals surface area contributed by atoms with E-state index in [0.717, 1.165) is 25.2 Å². The number of rotatable bonds is 9. The molecule has 1 aliphatic heterocycles. The zero-order chi connectivity index (χ0) is 23.1. The summed E-state index contributed by atoms with van der Waals surface area (Å²) in [5.74, 6) is -1.82. The highest BCUT2D eigenvalue weighted by atomic mass is 32.2. The average Bonchev–Trinajstić information content (AvgIpc) is 2.79. The number of nitrogens with one attached hydrogen (secondary N) is 1. The molecular formula is C21H22N3O7S-. The molecule has 1 N–H and O–H groups in total. The van der Waals surface area contributed by atoms with Crippen LogP contribution in [0.15, 0.2) is 42.5 Å². The summed E-state index contributed by atoms with van der Waals surface area (Å²) >= 11 is -2.59. The second-order valence-corrected chi connectivity index (χ2v) is 8.03. The molecule has 0 aromatic heterocycles. The lowest BCUT2D eigenvalue weighted by atomic mass is 9.95. The second kappa shape index (κ2) is 11.0. The third kappa shape index (κ3) is 6.04. The van der Waals surface area contributed by atoms with Gasteiger partial charge in [-0.25, -0.2) is 0 Å². The topological polar surface area (TPSA) is 142 Å². The van der Waals surface area contributed by atoms with Gasteiger partial charge in [-0.15, -0.1) is 0 Å². The molecule has 170 valence electrons. The molecule has 0 saturated carbocycles. The van der Waals surface area contributed by atoms with Gasteiger partial charge in [0.15, 0.2) is 5.78 Å². The third-order valence-electron chi connectivity index (χ3n) is 5.03. The second-order valence-electron chi connectivity index (χ2n) is 7.14. The molecule has 11 heteroatoms. The van der Waals surface area contributed by atoms with Crippen LogP contribution in [0, 0.1) is 10.1 Å². The fourth-order valence-electron chi connectivity index (χ4n) is 3.41. The number of ketones is 1. The Labute approximate surface area is 187 Å². The molecule has 1 saturated heterocycles. The number of nitro benzene ring substituents is 1. The molecule has 1 unspecified atom stereocenters. The maximum atomic E-state index is 13.0. The van der Waals surface area contributed by atoms with E-state index < -0.39 is 39.1 Å². The van der Waals surface area contributed by atoms with Gasteiger partial charge < -0.3 is 14.6 Å². The minimum atomic E-state index is -2.59. The first-order chi connectivity index (χ1) is 15.4. The summed E-state index contributed by atoms with van der Waals surface area (Å²) in [5.41, 5.74) is -0.679. The molecule has 1 aliphatic rings. The van der Waals surface area contributed by atoms with Gasteiger partial charge in [0.05, 0.1) is 18.1 Å². The lowest BCUT2D eigenvalue weighted by molar-refractivity contribution is -0.385. The van der Waals surface area contributed by atoms with Gasteiger partial charge in [-0.1, -0.05) is 41.4 Å². The summed E-state index contributed by atoms with van der Waals surface area (Å²) in [5, 5.41) is 14.2. The van der Waals surface area contributed by atoms with Crippen molar-refractivity contribution in [1.82, 2.24) is 10.2 Å². The normalized spacial score (nSPS) is 15.2. The maximum absolute atomic E-state index is 13.0. The van der Waals surface area contributed by atoms with Crippen molar-refractivity contribution in [3.05, 3.63) is 74.8 Å². The number of hydrogen-bond donors (Lipinski definition) is 1. The molecule has 0 bridgehead atoms. The van der Waals surface area contributed by atoms with Crippen LogP contribution in [0.25, 0.3) is 0 Å². The number of nitrogens with zero attached hydrogens (tertiary/aromatic N) is 2. The van der Waals surface area contributed by atoms with E-state index in [1.807, 2.05) is 0 Å². The molecule has 10 nitrogen and oxygen atoms in total. The first-order valence-electron chi connectivity index (χ1n) is 9.92. The molecule has 1 atom stereocenters. The van der Waals surface area contributed by atoms with Gasteiger partial charge in [0.25, 0.3) is 11.6 Å². The zero-order valence-electron chi connectivity index (χ0n) is 17.2. The van der Waals surface area contributed by atoms with Crippen molar-refractivity contribution >= 4 is 28.5 Å². The lowest BCUT2D eigenvalue weighted by Gasteiger charge is -2.26. The van der Waals surface area contributed by atoms with Crippen LogP contribution in [0.3, 0.4) is 0 Å². The first kappa shape index (κ1) is 23.7. The summed E-state index contributed by atoms with van der Waals surface area (Å²) in [4.78, 5) is 38.7. The van der Waals surface area contributed by atoms with E-state index in [1.54, 1.807) is 30.3 Å². The molecule has 32 heavy (non-hydrogen) atoms. The van der Waals surface area contributed by atoms with E-state index in [4.69, 9.17) is 4.74 Å². The van der Waals surface area contributed by atoms with Crippen LogP contribution in [-0.2, 0) is 21.6 Å². The SMILES string of the molecule is O=C(c1ccccc1)c1cc(C(=O)NCCN2CCOCC2)c([N+](=O)[O-])cc1CS(=O)[O-]. The van der Waals surface area contributed by atoms with Crippen LogP contribution < -0.4 is 5.32 Å². The van der Waals surface area contributed by atoms with Gasteiger partial charge in [-0.05, 0) is 11.6 Å². The van der Waals surface area contributed by atoms with Crippen molar-refractivity contribution in [2.75, 3.05) is 39.4 Å². The Kier molecular flexibility index (Phi) is 8.17. The van der Waals surface area contributed by atoms with Crippen LogP contribution in [-0.4, -0.2) is 69.7 Å². The Balaban J connectivity index is 1.91. The summed E-state index contributed by atoms with van der Waals surface area (Å²) in [6.45, 7) is 3.47. The predicted octanol–water partition coefficient (Wildman–Crippen LogP) is 1.27. The third-order valence-corrected chi connectivity index (χ3v) is 5.58. The van der Waals surface area contributed by atoms with Gasteiger partial charge in [0, 0.05) is 49.1 Å². The van der Waals surface area contributed by atoms with Gasteiger partial charge in [-0.3, -0.25) is 28.8 Å². The Morgan fingerprint density at radius 1 is 1.12 bits per heavy atom. The summed E-state index contributed by atoms with van der Waals surface area (Å²) in [6.07, 6.45) is 0. The van der Waals surface area contributed by atoms with Crippen LogP contribution in [0.1, 0.15) is 31.8 Å². The van der Waals surface area contributed by atoms with Gasteiger partial charge in [-0.2, -0.15) is 0 Å². The fourth-order valence-corrected chi connectivity index (χ4v) is 3.91. The fraction of sp³-hybridized carbons (Fsp3) is 0.333. The van der Waals surface area contributed by atoms with Crippen molar-refractivity contribution in [1.29, 1.82) is 0 Å². The Hall–Kier alpha value is -2.99. The highest BCUT2D eigenvalue weighted by molar-refractivity contribution is 7.78. The van der Waals surface area contributed by atoms with E-state index in [0.29, 0.717) is 19.8 Å². The molecule has 0 spiro atoms. The largest absolute Gasteiger partial charge is 0.772 e. The molecule has 3 rings (SSSR count). The van der Waals surface area contributed by atoms with E-state index in [-0.39, 0.29) is 28.8 Å². The van der Waals surface area contributed by atoms with Crippen LogP contribution >= 0.6 is 0 Å². The first-order valence-corrected chi connectivity index (χ1v) is 11.2. The molecule has 2 aromatic rings. The highest BCUT2D eigenvalue weighted by Gasteiger charge is 2.26. The Morgan fingerprint density at radius 2 is 1.81 bits per heavy atom. The monoisotopic (exact) mass is 460 g/mol. The van der Waals surface area contributed by atoms with Gasteiger partial charge in [0.2, 0.25) is 0 Å². The summed E-state index contributed by atoms with van der Waals surface area (Å²) in [7, 11) is 0. The molecule has 0 aliphatic carbocycles. The number of benzene rings is 2. The number of carbonyl (C=O) groups is 2. The number of nitro groups is 1. The number of carbonyl (C=O) groups excluding carboxylic acids is 2. The zero-order valence-corrected chi connectivity index (χ0v) is 18.0. The van der Waals surface area contributed by atoms with Crippen molar-refractivity contribution in [3.63, 3.8) is 0 Å². The van der Waals surface area contributed by atoms with Crippen LogP contribution in [0.2, 0.25) is 0 Å². The molecule has 2 aromatic carbocycles. The van der Waals surface area contributed by atoms with Crippen molar-refractivity contribution in [2.45, 2.75) is 5.75 Å². The van der Waals surface area contributed by atoms with E-state index >= 15 is 0 Å². The van der Waals surface area contributed by atoms with Crippen molar-refractivity contribution in [2.24, 2.45) is 0 Å². The van der Waals surface area contributed by atoms with E-state index in [1.165, 1.54) is 0 Å². The predicted molar refractivity (Wildman–Crippen MR) is 115 cm³/mol. The quantitative estimate of drug-likeness (QED) is 0.255. The van der Waals surface area contributed by atoms with Gasteiger partial charge >= 0.3 is 0 Å². The van der Waals surface area contributed by atoms with Gasteiger partial charge in [0.1, 0.15) is 5.56 Å². The Bertz CT molecular complexity index is 1020. The smallest absolute Gasteiger partial charge is 0.282 e. The molecule has 1 heterocycles. The molecule has 0 radical (unpaired) electrons. The number of amides is 1. The van der Waals surface area contributed by atoms with E-state index in [9.17, 15) is 28.5 Å². The van der Waals surface area contributed by atoms with Crippen LogP contribution in [0.5, 0.6) is 0 Å². The highest BCUT2D eigenvalue weighted by Crippen LogP contribution is 2.27.